The number of aryl methyl sites for hydroxylation is 2. The molecule has 3 aromatic rings. The van der Waals surface area contributed by atoms with Crippen molar-refractivity contribution < 1.29 is 23.3 Å². The summed E-state index contributed by atoms with van der Waals surface area (Å²) in [5.41, 5.74) is 0.744. The molecule has 0 bridgehead atoms. The summed E-state index contributed by atoms with van der Waals surface area (Å²) in [5, 5.41) is 0. The molecule has 0 spiro atoms. The monoisotopic (exact) mass is 525 g/mol. The molecule has 0 aliphatic carbocycles. The molecule has 1 saturated heterocycles. The van der Waals surface area contributed by atoms with Crippen LogP contribution in [0.3, 0.4) is 0 Å². The lowest BCUT2D eigenvalue weighted by atomic mass is 9.95. The average molecular weight is 526 g/mol. The van der Waals surface area contributed by atoms with Crippen LogP contribution in [-0.2, 0) is 24.2 Å². The molecule has 8 heteroatoms. The predicted octanol–water partition coefficient (Wildman–Crippen LogP) is 5.51. The number of hydrogen-bond donors (Lipinski definition) is 0. The molecule has 1 aliphatic rings. The van der Waals surface area contributed by atoms with Crippen molar-refractivity contribution in [2.75, 3.05) is 40.5 Å². The molecule has 0 saturated carbocycles. The van der Waals surface area contributed by atoms with Crippen molar-refractivity contribution in [2.24, 2.45) is 0 Å². The fourth-order valence-corrected chi connectivity index (χ4v) is 5.02. The first-order chi connectivity index (χ1) is 18.6. The first kappa shape index (κ1) is 27.9. The number of hydrogen-bond acceptors (Lipinski definition) is 6. The number of rotatable bonds is 13. The molecule has 2 aromatic carbocycles. The van der Waals surface area contributed by atoms with Crippen LogP contribution in [0.2, 0.25) is 0 Å². The zero-order valence-electron chi connectivity index (χ0n) is 22.8. The summed E-state index contributed by atoms with van der Waals surface area (Å²) in [6.45, 7) is 6.57. The van der Waals surface area contributed by atoms with Crippen LogP contribution in [0.5, 0.6) is 17.2 Å². The van der Waals surface area contributed by atoms with Crippen LogP contribution >= 0.6 is 0 Å². The van der Waals surface area contributed by atoms with E-state index in [4.69, 9.17) is 18.9 Å². The molecule has 1 aliphatic heterocycles. The van der Waals surface area contributed by atoms with Crippen LogP contribution in [0.15, 0.2) is 54.9 Å². The Hall–Kier alpha value is -3.10. The topological polar surface area (TPSA) is 58.0 Å². The van der Waals surface area contributed by atoms with Gasteiger partial charge in [0.05, 0.1) is 13.7 Å². The minimum absolute atomic E-state index is 0.270. The Morgan fingerprint density at radius 1 is 1.00 bits per heavy atom. The molecule has 0 N–H and O–H groups in total. The number of imidazole rings is 1. The molecular weight excluding hydrogens is 485 g/mol. The maximum Gasteiger partial charge on any atom is 0.165 e. The smallest absolute Gasteiger partial charge is 0.165 e. The van der Waals surface area contributed by atoms with E-state index in [0.717, 1.165) is 75.6 Å². The summed E-state index contributed by atoms with van der Waals surface area (Å²) in [7, 11) is 3.40. The third-order valence-electron chi connectivity index (χ3n) is 7.30. The van der Waals surface area contributed by atoms with Crippen LogP contribution in [0.1, 0.15) is 44.0 Å². The van der Waals surface area contributed by atoms with E-state index >= 15 is 0 Å². The van der Waals surface area contributed by atoms with Gasteiger partial charge in [0, 0.05) is 45.6 Å². The second kappa shape index (κ2) is 13.6. The normalized spacial score (nSPS) is 18.2. The Bertz CT molecular complexity index is 1150. The van der Waals surface area contributed by atoms with E-state index < -0.39 is 5.60 Å². The fraction of sp³-hybridized carbons (Fsp3) is 0.500. The average Bonchev–Trinajstić information content (AvgIpc) is 3.31. The molecule has 1 aromatic heterocycles. The molecule has 1 atom stereocenters. The molecule has 0 radical (unpaired) electrons. The summed E-state index contributed by atoms with van der Waals surface area (Å²) in [4.78, 5) is 6.80. The molecule has 1 unspecified atom stereocenters. The zero-order chi connectivity index (χ0) is 26.8. The molecule has 0 amide bonds. The highest BCUT2D eigenvalue weighted by molar-refractivity contribution is 5.43. The summed E-state index contributed by atoms with van der Waals surface area (Å²) in [6.07, 6.45) is 8.34. The maximum absolute atomic E-state index is 14.0. The third-order valence-corrected chi connectivity index (χ3v) is 7.30. The van der Waals surface area contributed by atoms with Gasteiger partial charge in [-0.2, -0.15) is 0 Å². The Morgan fingerprint density at radius 2 is 1.87 bits per heavy atom. The van der Waals surface area contributed by atoms with Crippen molar-refractivity contribution in [3.8, 4) is 17.2 Å². The minimum atomic E-state index is -0.430. The predicted molar refractivity (Wildman–Crippen MR) is 145 cm³/mol. The third kappa shape index (κ3) is 7.26. The lowest BCUT2D eigenvalue weighted by Gasteiger charge is -2.31. The Labute approximate surface area is 225 Å². The van der Waals surface area contributed by atoms with E-state index in [1.807, 2.05) is 18.5 Å². The van der Waals surface area contributed by atoms with E-state index in [9.17, 15) is 4.39 Å². The molecule has 1 fully saturated rings. The minimum Gasteiger partial charge on any atom is -0.493 e. The Balaban J connectivity index is 1.29. The second-order valence-electron chi connectivity index (χ2n) is 9.81. The lowest BCUT2D eigenvalue weighted by Crippen LogP contribution is -2.39. The van der Waals surface area contributed by atoms with E-state index in [1.165, 1.54) is 11.6 Å². The molecule has 206 valence electrons. The highest BCUT2D eigenvalue weighted by Gasteiger charge is 2.34. The summed E-state index contributed by atoms with van der Waals surface area (Å²) in [5.74, 6) is 2.53. The van der Waals surface area contributed by atoms with Gasteiger partial charge in [0.15, 0.2) is 23.1 Å². The van der Waals surface area contributed by atoms with Crippen LogP contribution < -0.4 is 14.2 Å². The fourth-order valence-electron chi connectivity index (χ4n) is 5.02. The van der Waals surface area contributed by atoms with E-state index in [2.05, 4.69) is 33.5 Å². The lowest BCUT2D eigenvalue weighted by molar-refractivity contribution is -0.0548. The number of halogens is 1. The van der Waals surface area contributed by atoms with Gasteiger partial charge in [-0.05, 0) is 62.1 Å². The van der Waals surface area contributed by atoms with Crippen molar-refractivity contribution in [1.82, 2.24) is 14.5 Å². The van der Waals surface area contributed by atoms with Crippen molar-refractivity contribution in [3.05, 3.63) is 72.1 Å². The molecule has 7 nitrogen and oxygen atoms in total. The number of benzene rings is 2. The molecular formula is C30H40FN3O4. The van der Waals surface area contributed by atoms with Crippen molar-refractivity contribution in [2.45, 2.75) is 57.7 Å². The van der Waals surface area contributed by atoms with Gasteiger partial charge >= 0.3 is 0 Å². The number of ether oxygens (including phenoxy) is 4. The van der Waals surface area contributed by atoms with Crippen molar-refractivity contribution in [1.29, 1.82) is 0 Å². The Kier molecular flexibility index (Phi) is 10.0. The van der Waals surface area contributed by atoms with Gasteiger partial charge in [-0.3, -0.25) is 4.90 Å². The zero-order valence-corrected chi connectivity index (χ0v) is 22.8. The summed E-state index contributed by atoms with van der Waals surface area (Å²) >= 11 is 0. The van der Waals surface area contributed by atoms with Gasteiger partial charge in [0.1, 0.15) is 18.0 Å². The largest absolute Gasteiger partial charge is 0.493 e. The highest BCUT2D eigenvalue weighted by atomic mass is 19.1. The second-order valence-corrected chi connectivity index (χ2v) is 9.81. The first-order valence-corrected chi connectivity index (χ1v) is 13.5. The number of methoxy groups -OCH3 is 2. The van der Waals surface area contributed by atoms with E-state index in [-0.39, 0.29) is 11.6 Å². The first-order valence-electron chi connectivity index (χ1n) is 13.5. The number of nitrogens with zero attached hydrogens (tertiary/aromatic N) is 3. The summed E-state index contributed by atoms with van der Waals surface area (Å²) < 4.78 is 39.7. The number of aromatic nitrogens is 2. The van der Waals surface area contributed by atoms with Gasteiger partial charge in [-0.25, -0.2) is 9.37 Å². The SMILES string of the molecule is CCc1nccn1CCCOc1ccc(CN2CCCC(COc3ccccc3F)(OC)CC2)cc1OC. The van der Waals surface area contributed by atoms with E-state index in [0.29, 0.717) is 13.2 Å². The standard InChI is InChI=1S/C30H40FN3O4/c1-4-29-32-15-19-34(29)17-8-20-37-27-12-11-24(21-28(27)35-2)22-33-16-7-13-30(36-3,14-18-33)23-38-26-10-6-5-9-25(26)31/h5-6,9-12,15,19,21H,4,7-8,13-14,16-18,20,22-23H2,1-3H3. The van der Waals surface area contributed by atoms with Crippen LogP contribution in [0.25, 0.3) is 0 Å². The summed E-state index contributed by atoms with van der Waals surface area (Å²) in [6, 6.07) is 12.7. The highest BCUT2D eigenvalue weighted by Crippen LogP contribution is 2.31. The van der Waals surface area contributed by atoms with Crippen LogP contribution in [0.4, 0.5) is 4.39 Å². The molecule has 38 heavy (non-hydrogen) atoms. The molecule has 2 heterocycles. The van der Waals surface area contributed by atoms with Crippen LogP contribution in [0, 0.1) is 5.82 Å². The van der Waals surface area contributed by atoms with Crippen LogP contribution in [-0.4, -0.2) is 60.6 Å². The van der Waals surface area contributed by atoms with Gasteiger partial charge < -0.3 is 23.5 Å². The molecule has 4 rings (SSSR count). The maximum atomic E-state index is 14.0. The Morgan fingerprint density at radius 3 is 2.66 bits per heavy atom. The van der Waals surface area contributed by atoms with E-state index in [1.54, 1.807) is 32.4 Å². The van der Waals surface area contributed by atoms with Crippen molar-refractivity contribution >= 4 is 0 Å². The van der Waals surface area contributed by atoms with Gasteiger partial charge in [-0.15, -0.1) is 0 Å². The number of para-hydroxylation sites is 1. The quantitative estimate of drug-likeness (QED) is 0.274. The van der Waals surface area contributed by atoms with Gasteiger partial charge in [-0.1, -0.05) is 25.1 Å². The van der Waals surface area contributed by atoms with Crippen molar-refractivity contribution in [3.63, 3.8) is 0 Å². The van der Waals surface area contributed by atoms with Gasteiger partial charge in [0.25, 0.3) is 0 Å². The number of likely N-dealkylation sites (tertiary alicyclic amines) is 1. The van der Waals surface area contributed by atoms with Gasteiger partial charge in [0.2, 0.25) is 0 Å².